The third-order valence-corrected chi connectivity index (χ3v) is 4.34. The number of carbonyl (C=O) groups is 2. The molecule has 0 aliphatic heterocycles. The van der Waals surface area contributed by atoms with Gasteiger partial charge in [-0.05, 0) is 37.5 Å². The van der Waals surface area contributed by atoms with Crippen LogP contribution in [0.25, 0.3) is 0 Å². The summed E-state index contributed by atoms with van der Waals surface area (Å²) in [7, 11) is 0. The number of carboxylic acids is 1. The highest BCUT2D eigenvalue weighted by Gasteiger charge is 2.34. The second-order valence-corrected chi connectivity index (χ2v) is 6.19. The van der Waals surface area contributed by atoms with Gasteiger partial charge in [0.25, 0.3) is 0 Å². The zero-order valence-electron chi connectivity index (χ0n) is 11.8. The Morgan fingerprint density at radius 3 is 2.33 bits per heavy atom. The molecule has 0 bridgehead atoms. The van der Waals surface area contributed by atoms with E-state index in [2.05, 4.69) is 21.2 Å². The first kappa shape index (κ1) is 15.8. The van der Waals surface area contributed by atoms with Crippen molar-refractivity contribution in [2.75, 3.05) is 0 Å². The number of nitrogens with one attached hydrogen (secondary N) is 1. The monoisotopic (exact) mass is 351 g/mol. The van der Waals surface area contributed by atoms with E-state index in [1.807, 2.05) is 43.3 Å². The third-order valence-electron chi connectivity index (χ3n) is 3.82. The summed E-state index contributed by atoms with van der Waals surface area (Å²) < 4.78 is 0.980. The third kappa shape index (κ3) is 3.94. The van der Waals surface area contributed by atoms with Crippen LogP contribution in [0.3, 0.4) is 0 Å². The second kappa shape index (κ2) is 6.89. The SMILES string of the molecule is C[C@@H](NC(=O)[C@H]1CC=CC[C@@H]1C(=O)O)c1ccc(Br)cc1. The summed E-state index contributed by atoms with van der Waals surface area (Å²) >= 11 is 3.37. The van der Waals surface area contributed by atoms with Gasteiger partial charge in [-0.3, -0.25) is 9.59 Å². The lowest BCUT2D eigenvalue weighted by atomic mass is 9.82. The zero-order valence-corrected chi connectivity index (χ0v) is 13.3. The molecule has 4 nitrogen and oxygen atoms in total. The number of allylic oxidation sites excluding steroid dienone is 2. The molecular formula is C16H18BrNO3. The molecular weight excluding hydrogens is 334 g/mol. The minimum atomic E-state index is -0.907. The molecule has 0 heterocycles. The average Bonchev–Trinajstić information content (AvgIpc) is 2.47. The number of hydrogen-bond acceptors (Lipinski definition) is 2. The highest BCUT2D eigenvalue weighted by Crippen LogP contribution is 2.27. The van der Waals surface area contributed by atoms with Crippen molar-refractivity contribution in [1.29, 1.82) is 0 Å². The summed E-state index contributed by atoms with van der Waals surface area (Å²) in [5.74, 6) is -2.23. The predicted octanol–water partition coefficient (Wildman–Crippen LogP) is 3.29. The summed E-state index contributed by atoms with van der Waals surface area (Å²) in [5.41, 5.74) is 0.991. The van der Waals surface area contributed by atoms with Crippen molar-refractivity contribution in [2.24, 2.45) is 11.8 Å². The number of benzene rings is 1. The van der Waals surface area contributed by atoms with Crippen LogP contribution in [0.4, 0.5) is 0 Å². The molecule has 21 heavy (non-hydrogen) atoms. The molecule has 2 rings (SSSR count). The fraction of sp³-hybridized carbons (Fsp3) is 0.375. The topological polar surface area (TPSA) is 66.4 Å². The lowest BCUT2D eigenvalue weighted by Gasteiger charge is -2.26. The smallest absolute Gasteiger partial charge is 0.307 e. The van der Waals surface area contributed by atoms with E-state index in [0.717, 1.165) is 10.0 Å². The molecule has 1 aliphatic rings. The fourth-order valence-corrected chi connectivity index (χ4v) is 2.80. The van der Waals surface area contributed by atoms with Crippen LogP contribution in [0.2, 0.25) is 0 Å². The Morgan fingerprint density at radius 1 is 1.19 bits per heavy atom. The van der Waals surface area contributed by atoms with Crippen molar-refractivity contribution >= 4 is 27.8 Å². The maximum absolute atomic E-state index is 12.3. The Kier molecular flexibility index (Phi) is 5.17. The molecule has 1 aliphatic carbocycles. The summed E-state index contributed by atoms with van der Waals surface area (Å²) in [5, 5.41) is 12.1. The number of aliphatic carboxylic acids is 1. The number of carboxylic acid groups (broad SMARTS) is 1. The van der Waals surface area contributed by atoms with Crippen molar-refractivity contribution in [3.63, 3.8) is 0 Å². The van der Waals surface area contributed by atoms with Gasteiger partial charge in [-0.2, -0.15) is 0 Å². The van der Waals surface area contributed by atoms with Gasteiger partial charge in [-0.1, -0.05) is 40.2 Å². The highest BCUT2D eigenvalue weighted by atomic mass is 79.9. The van der Waals surface area contributed by atoms with E-state index in [0.29, 0.717) is 12.8 Å². The molecule has 3 atom stereocenters. The molecule has 0 fully saturated rings. The number of amides is 1. The minimum absolute atomic E-state index is 0.147. The molecule has 1 aromatic carbocycles. The van der Waals surface area contributed by atoms with E-state index < -0.39 is 17.8 Å². The van der Waals surface area contributed by atoms with Gasteiger partial charge >= 0.3 is 5.97 Å². The van der Waals surface area contributed by atoms with Gasteiger partial charge in [0.1, 0.15) is 0 Å². The van der Waals surface area contributed by atoms with Crippen LogP contribution in [0.5, 0.6) is 0 Å². The van der Waals surface area contributed by atoms with Crippen LogP contribution in [0.1, 0.15) is 31.4 Å². The molecule has 0 spiro atoms. The molecule has 1 amide bonds. The Morgan fingerprint density at radius 2 is 1.76 bits per heavy atom. The quantitative estimate of drug-likeness (QED) is 0.818. The highest BCUT2D eigenvalue weighted by molar-refractivity contribution is 9.10. The molecule has 0 aromatic heterocycles. The number of carbonyl (C=O) groups excluding carboxylic acids is 1. The van der Waals surface area contributed by atoms with Crippen molar-refractivity contribution in [2.45, 2.75) is 25.8 Å². The van der Waals surface area contributed by atoms with Gasteiger partial charge in [-0.25, -0.2) is 0 Å². The van der Waals surface area contributed by atoms with Crippen LogP contribution in [0.15, 0.2) is 40.9 Å². The van der Waals surface area contributed by atoms with Crippen LogP contribution >= 0.6 is 15.9 Å². The molecule has 0 saturated heterocycles. The van der Waals surface area contributed by atoms with E-state index in [4.69, 9.17) is 0 Å². The van der Waals surface area contributed by atoms with Crippen LogP contribution in [-0.4, -0.2) is 17.0 Å². The van der Waals surface area contributed by atoms with E-state index in [1.54, 1.807) is 0 Å². The van der Waals surface area contributed by atoms with Crippen LogP contribution < -0.4 is 5.32 Å². The zero-order chi connectivity index (χ0) is 15.4. The number of hydrogen-bond donors (Lipinski definition) is 2. The molecule has 5 heteroatoms. The summed E-state index contributed by atoms with van der Waals surface area (Å²) in [6.45, 7) is 1.90. The van der Waals surface area contributed by atoms with E-state index in [9.17, 15) is 14.7 Å². The Bertz CT molecular complexity index is 553. The molecule has 2 N–H and O–H groups in total. The molecule has 1 aromatic rings. The lowest BCUT2D eigenvalue weighted by Crippen LogP contribution is -2.39. The molecule has 0 saturated carbocycles. The van der Waals surface area contributed by atoms with Gasteiger partial charge in [0, 0.05) is 4.47 Å². The van der Waals surface area contributed by atoms with Crippen molar-refractivity contribution in [3.05, 3.63) is 46.5 Å². The minimum Gasteiger partial charge on any atom is -0.481 e. The fourth-order valence-electron chi connectivity index (χ4n) is 2.53. The standard InChI is InChI=1S/C16H18BrNO3/c1-10(11-6-8-12(17)9-7-11)18-15(19)13-4-2-3-5-14(13)16(20)21/h2-3,6-10,13-14H,4-5H2,1H3,(H,18,19)(H,20,21)/t10-,13+,14+/m1/s1. The normalized spacial score (nSPS) is 22.6. The van der Waals surface area contributed by atoms with Gasteiger partial charge in [-0.15, -0.1) is 0 Å². The van der Waals surface area contributed by atoms with Crippen molar-refractivity contribution in [3.8, 4) is 0 Å². The lowest BCUT2D eigenvalue weighted by molar-refractivity contribution is -0.147. The van der Waals surface area contributed by atoms with Crippen LogP contribution in [-0.2, 0) is 9.59 Å². The first-order chi connectivity index (χ1) is 9.99. The Hall–Kier alpha value is -1.62. The van der Waals surface area contributed by atoms with E-state index in [1.165, 1.54) is 0 Å². The van der Waals surface area contributed by atoms with Gasteiger partial charge in [0.05, 0.1) is 17.9 Å². The summed E-state index contributed by atoms with van der Waals surface area (Å²) in [6, 6.07) is 7.56. The summed E-state index contributed by atoms with van der Waals surface area (Å²) in [6.07, 6.45) is 4.62. The van der Waals surface area contributed by atoms with E-state index >= 15 is 0 Å². The molecule has 0 radical (unpaired) electrons. The Balaban J connectivity index is 2.04. The molecule has 112 valence electrons. The number of halogens is 1. The second-order valence-electron chi connectivity index (χ2n) is 5.28. The molecule has 0 unspecified atom stereocenters. The maximum atomic E-state index is 12.3. The van der Waals surface area contributed by atoms with Crippen LogP contribution in [0, 0.1) is 11.8 Å². The Labute approximate surface area is 132 Å². The predicted molar refractivity (Wildman–Crippen MR) is 83.7 cm³/mol. The maximum Gasteiger partial charge on any atom is 0.307 e. The van der Waals surface area contributed by atoms with Gasteiger partial charge in [0.2, 0.25) is 5.91 Å². The van der Waals surface area contributed by atoms with Crippen molar-refractivity contribution in [1.82, 2.24) is 5.32 Å². The first-order valence-corrected chi connectivity index (χ1v) is 7.72. The van der Waals surface area contributed by atoms with Crippen molar-refractivity contribution < 1.29 is 14.7 Å². The van der Waals surface area contributed by atoms with E-state index in [-0.39, 0.29) is 11.9 Å². The average molecular weight is 352 g/mol. The summed E-state index contributed by atoms with van der Waals surface area (Å²) in [4.78, 5) is 23.6. The first-order valence-electron chi connectivity index (χ1n) is 6.92. The number of rotatable bonds is 4. The van der Waals surface area contributed by atoms with Gasteiger partial charge in [0.15, 0.2) is 0 Å². The van der Waals surface area contributed by atoms with Gasteiger partial charge < -0.3 is 10.4 Å². The largest absolute Gasteiger partial charge is 0.481 e.